The third-order valence-electron chi connectivity index (χ3n) is 5.25. The molecule has 3 rings (SSSR count). The second-order valence-electron chi connectivity index (χ2n) is 7.34. The number of hydrogen-bond acceptors (Lipinski definition) is 5. The fourth-order valence-corrected chi connectivity index (χ4v) is 4.19. The Morgan fingerprint density at radius 3 is 2.23 bits per heavy atom. The number of rotatable bonds is 9. The van der Waals surface area contributed by atoms with E-state index in [1.54, 1.807) is 0 Å². The molecule has 7 nitrogen and oxygen atoms in total. The predicted molar refractivity (Wildman–Crippen MR) is 120 cm³/mol. The first-order chi connectivity index (χ1) is 14.9. The molecule has 1 aliphatic carbocycles. The van der Waals surface area contributed by atoms with E-state index in [1.807, 2.05) is 42.7 Å². The lowest BCUT2D eigenvalue weighted by molar-refractivity contribution is -0.144. The summed E-state index contributed by atoms with van der Waals surface area (Å²) < 4.78 is 5.46. The van der Waals surface area contributed by atoms with Crippen molar-refractivity contribution in [3.05, 3.63) is 59.7 Å². The number of carbonyl (C=O) groups is 3. The summed E-state index contributed by atoms with van der Waals surface area (Å²) in [4.78, 5) is 37.3. The zero-order valence-electron chi connectivity index (χ0n) is 17.5. The molecule has 2 aromatic rings. The molecule has 8 heteroatoms. The SMILES string of the molecule is CSCCN(CC(=O)O)C(=O)C(C)NC(=O)OCC1c2ccccc2-c2ccccc21. The van der Waals surface area contributed by atoms with Crippen LogP contribution in [0.15, 0.2) is 48.5 Å². The van der Waals surface area contributed by atoms with Crippen LogP contribution in [0.25, 0.3) is 11.1 Å². The van der Waals surface area contributed by atoms with Crippen molar-refractivity contribution >= 4 is 29.7 Å². The lowest BCUT2D eigenvalue weighted by atomic mass is 9.98. The van der Waals surface area contributed by atoms with Crippen LogP contribution in [0.1, 0.15) is 24.0 Å². The van der Waals surface area contributed by atoms with Gasteiger partial charge in [0, 0.05) is 18.2 Å². The highest BCUT2D eigenvalue weighted by Gasteiger charge is 2.30. The van der Waals surface area contributed by atoms with Crippen LogP contribution in [-0.4, -0.2) is 65.7 Å². The van der Waals surface area contributed by atoms with Gasteiger partial charge in [-0.15, -0.1) is 0 Å². The molecule has 31 heavy (non-hydrogen) atoms. The van der Waals surface area contributed by atoms with Gasteiger partial charge in [-0.05, 0) is 35.4 Å². The topological polar surface area (TPSA) is 95.9 Å². The van der Waals surface area contributed by atoms with Gasteiger partial charge in [-0.3, -0.25) is 9.59 Å². The number of carbonyl (C=O) groups excluding carboxylic acids is 2. The van der Waals surface area contributed by atoms with Crippen molar-refractivity contribution < 1.29 is 24.2 Å². The summed E-state index contributed by atoms with van der Waals surface area (Å²) in [5.41, 5.74) is 4.47. The monoisotopic (exact) mass is 442 g/mol. The van der Waals surface area contributed by atoms with Gasteiger partial charge in [0.05, 0.1) is 0 Å². The van der Waals surface area contributed by atoms with E-state index in [1.165, 1.54) is 23.6 Å². The number of amides is 2. The van der Waals surface area contributed by atoms with Crippen LogP contribution in [-0.2, 0) is 14.3 Å². The van der Waals surface area contributed by atoms with Crippen LogP contribution in [0.4, 0.5) is 4.79 Å². The zero-order valence-corrected chi connectivity index (χ0v) is 18.4. The average molecular weight is 443 g/mol. The van der Waals surface area contributed by atoms with Crippen molar-refractivity contribution in [2.45, 2.75) is 18.9 Å². The van der Waals surface area contributed by atoms with Gasteiger partial charge in [-0.1, -0.05) is 48.5 Å². The van der Waals surface area contributed by atoms with E-state index in [4.69, 9.17) is 9.84 Å². The Balaban J connectivity index is 1.61. The summed E-state index contributed by atoms with van der Waals surface area (Å²) in [6.45, 7) is 1.56. The minimum Gasteiger partial charge on any atom is -0.480 e. The van der Waals surface area contributed by atoms with Gasteiger partial charge < -0.3 is 20.1 Å². The molecule has 1 unspecified atom stereocenters. The number of fused-ring (bicyclic) bond motifs is 3. The van der Waals surface area contributed by atoms with Crippen LogP contribution in [0, 0.1) is 0 Å². The van der Waals surface area contributed by atoms with Crippen LogP contribution in [0.3, 0.4) is 0 Å². The number of thioether (sulfide) groups is 1. The van der Waals surface area contributed by atoms with E-state index in [9.17, 15) is 14.4 Å². The van der Waals surface area contributed by atoms with Crippen molar-refractivity contribution in [1.82, 2.24) is 10.2 Å². The minimum atomic E-state index is -1.09. The molecule has 0 aliphatic heterocycles. The largest absolute Gasteiger partial charge is 0.480 e. The van der Waals surface area contributed by atoms with Crippen molar-refractivity contribution in [1.29, 1.82) is 0 Å². The van der Waals surface area contributed by atoms with E-state index in [2.05, 4.69) is 17.4 Å². The summed E-state index contributed by atoms with van der Waals surface area (Å²) in [7, 11) is 0. The second-order valence-corrected chi connectivity index (χ2v) is 8.32. The highest BCUT2D eigenvalue weighted by atomic mass is 32.2. The molecule has 0 radical (unpaired) electrons. The molecule has 0 bridgehead atoms. The first-order valence-electron chi connectivity index (χ1n) is 10.0. The first-order valence-corrected chi connectivity index (χ1v) is 11.4. The van der Waals surface area contributed by atoms with Gasteiger partial charge in [0.15, 0.2) is 0 Å². The molecule has 2 amide bonds. The maximum atomic E-state index is 12.6. The number of ether oxygens (including phenoxy) is 1. The summed E-state index contributed by atoms with van der Waals surface area (Å²) in [6, 6.07) is 15.2. The Hall–Kier alpha value is -3.00. The average Bonchev–Trinajstić information content (AvgIpc) is 3.08. The van der Waals surface area contributed by atoms with Gasteiger partial charge in [0.2, 0.25) is 5.91 Å². The first kappa shape index (κ1) is 22.7. The molecule has 0 saturated carbocycles. The fourth-order valence-electron chi connectivity index (χ4n) is 3.78. The van der Waals surface area contributed by atoms with E-state index < -0.39 is 30.6 Å². The van der Waals surface area contributed by atoms with Gasteiger partial charge in [-0.2, -0.15) is 11.8 Å². The normalized spacial score (nSPS) is 13.1. The molecule has 0 saturated heterocycles. The number of aliphatic carboxylic acids is 1. The van der Waals surface area contributed by atoms with E-state index in [-0.39, 0.29) is 12.5 Å². The molecule has 164 valence electrons. The van der Waals surface area contributed by atoms with Crippen LogP contribution in [0.5, 0.6) is 0 Å². The highest BCUT2D eigenvalue weighted by Crippen LogP contribution is 2.44. The van der Waals surface area contributed by atoms with E-state index >= 15 is 0 Å². The number of benzene rings is 2. The van der Waals surface area contributed by atoms with Crippen molar-refractivity contribution in [3.63, 3.8) is 0 Å². The van der Waals surface area contributed by atoms with Gasteiger partial charge >= 0.3 is 12.1 Å². The lowest BCUT2D eigenvalue weighted by Crippen LogP contribution is -2.49. The Morgan fingerprint density at radius 1 is 1.10 bits per heavy atom. The maximum Gasteiger partial charge on any atom is 0.407 e. The van der Waals surface area contributed by atoms with E-state index in [0.717, 1.165) is 22.3 Å². The van der Waals surface area contributed by atoms with Crippen LogP contribution < -0.4 is 5.32 Å². The maximum absolute atomic E-state index is 12.6. The molecule has 1 aliphatic rings. The number of carboxylic acids is 1. The highest BCUT2D eigenvalue weighted by molar-refractivity contribution is 7.98. The molecule has 0 heterocycles. The second kappa shape index (κ2) is 10.3. The lowest BCUT2D eigenvalue weighted by Gasteiger charge is -2.24. The summed E-state index contributed by atoms with van der Waals surface area (Å²) in [5, 5.41) is 11.6. The van der Waals surface area contributed by atoms with Gasteiger partial charge in [0.1, 0.15) is 19.2 Å². The fraction of sp³-hybridized carbons (Fsp3) is 0.348. The number of alkyl carbamates (subject to hydrolysis) is 1. The molecule has 1 atom stereocenters. The van der Waals surface area contributed by atoms with Gasteiger partial charge in [-0.25, -0.2) is 4.79 Å². The molecular formula is C23H26N2O5S. The summed E-state index contributed by atoms with van der Waals surface area (Å²) in [6.07, 6.45) is 1.17. The predicted octanol–water partition coefficient (Wildman–Crippen LogP) is 3.19. The Kier molecular flexibility index (Phi) is 7.57. The summed E-state index contributed by atoms with van der Waals surface area (Å²) in [5.74, 6) is -1.02. The third kappa shape index (κ3) is 5.38. The van der Waals surface area contributed by atoms with Crippen LogP contribution in [0.2, 0.25) is 0 Å². The third-order valence-corrected chi connectivity index (χ3v) is 5.84. The molecule has 0 spiro atoms. The standard InChI is InChI=1S/C23H26N2O5S/c1-15(22(28)25(11-12-31-2)13-21(26)27)24-23(29)30-14-20-18-9-5-3-7-16(18)17-8-4-6-10-19(17)20/h3-10,15,20H,11-14H2,1-2H3,(H,24,29)(H,26,27). The van der Waals surface area contributed by atoms with Crippen molar-refractivity contribution in [3.8, 4) is 11.1 Å². The summed E-state index contributed by atoms with van der Waals surface area (Å²) >= 11 is 1.51. The van der Waals surface area contributed by atoms with Crippen molar-refractivity contribution in [2.75, 3.05) is 31.7 Å². The van der Waals surface area contributed by atoms with Crippen molar-refractivity contribution in [2.24, 2.45) is 0 Å². The van der Waals surface area contributed by atoms with Crippen LogP contribution >= 0.6 is 11.8 Å². The smallest absolute Gasteiger partial charge is 0.407 e. The zero-order chi connectivity index (χ0) is 22.4. The number of carboxylic acid groups (broad SMARTS) is 1. The molecular weight excluding hydrogens is 416 g/mol. The Bertz CT molecular complexity index is 919. The molecule has 0 fully saturated rings. The molecule has 0 aromatic heterocycles. The Morgan fingerprint density at radius 2 is 1.68 bits per heavy atom. The molecule has 2 aromatic carbocycles. The Labute approximate surface area is 185 Å². The molecule has 2 N–H and O–H groups in total. The number of nitrogens with zero attached hydrogens (tertiary/aromatic N) is 1. The number of hydrogen-bond donors (Lipinski definition) is 2. The van der Waals surface area contributed by atoms with Gasteiger partial charge in [0.25, 0.3) is 0 Å². The number of nitrogens with one attached hydrogen (secondary N) is 1. The van der Waals surface area contributed by atoms with E-state index in [0.29, 0.717) is 12.3 Å². The minimum absolute atomic E-state index is 0.0748. The quantitative estimate of drug-likeness (QED) is 0.619.